The molecule has 0 radical (unpaired) electrons. The Kier molecular flexibility index (Phi) is 8.61. The van der Waals surface area contributed by atoms with Gasteiger partial charge in [0, 0.05) is 11.6 Å². The van der Waals surface area contributed by atoms with Crippen LogP contribution in [0.25, 0.3) is 0 Å². The Hall–Kier alpha value is -1.75. The Morgan fingerprint density at radius 3 is 2.58 bits per heavy atom. The number of benzene rings is 1. The zero-order valence-corrected chi connectivity index (χ0v) is 15.5. The van der Waals surface area contributed by atoms with E-state index in [1.54, 1.807) is 0 Å². The number of amides is 1. The molecule has 1 amide bonds. The van der Waals surface area contributed by atoms with E-state index in [9.17, 15) is 9.59 Å². The van der Waals surface area contributed by atoms with E-state index < -0.39 is 5.97 Å². The first-order valence-electron chi connectivity index (χ1n) is 8.20. The molecule has 0 aliphatic heterocycles. The maximum absolute atomic E-state index is 11.7. The molecular weight excluding hydrogens is 330 g/mol. The molecule has 0 unspecified atom stereocenters. The Labute approximate surface area is 148 Å². The van der Waals surface area contributed by atoms with Crippen molar-refractivity contribution in [1.29, 1.82) is 0 Å². The number of rotatable bonds is 9. The summed E-state index contributed by atoms with van der Waals surface area (Å²) in [5.74, 6) is -0.0698. The standard InChI is InChI=1S/C18H26ClNO4/c1-5-6-7-20-17(21)10-24-18(22)11-23-16-8-13(4)15(19)9-14(16)12(2)3/h8-9,12H,5-7,10-11H2,1-4H3,(H,20,21). The van der Waals surface area contributed by atoms with Gasteiger partial charge in [-0.1, -0.05) is 38.8 Å². The minimum atomic E-state index is -0.581. The van der Waals surface area contributed by atoms with Gasteiger partial charge in [-0.25, -0.2) is 4.79 Å². The van der Waals surface area contributed by atoms with Crippen LogP contribution in [0.1, 0.15) is 50.7 Å². The number of hydrogen-bond donors (Lipinski definition) is 1. The third-order valence-corrected chi connectivity index (χ3v) is 3.88. The van der Waals surface area contributed by atoms with Crippen molar-refractivity contribution in [2.24, 2.45) is 0 Å². The van der Waals surface area contributed by atoms with Gasteiger partial charge >= 0.3 is 5.97 Å². The molecule has 24 heavy (non-hydrogen) atoms. The van der Waals surface area contributed by atoms with Crippen molar-refractivity contribution in [2.75, 3.05) is 19.8 Å². The molecule has 0 saturated heterocycles. The first-order valence-corrected chi connectivity index (χ1v) is 8.58. The number of esters is 1. The van der Waals surface area contributed by atoms with Crippen molar-refractivity contribution in [2.45, 2.75) is 46.5 Å². The van der Waals surface area contributed by atoms with Gasteiger partial charge in [0.05, 0.1) is 0 Å². The van der Waals surface area contributed by atoms with Gasteiger partial charge in [0.2, 0.25) is 0 Å². The van der Waals surface area contributed by atoms with Crippen molar-refractivity contribution in [3.63, 3.8) is 0 Å². The fourth-order valence-corrected chi connectivity index (χ4v) is 2.20. The fourth-order valence-electron chi connectivity index (χ4n) is 2.03. The SMILES string of the molecule is CCCCNC(=O)COC(=O)COc1cc(C)c(Cl)cc1C(C)C. The number of carbonyl (C=O) groups is 2. The number of nitrogens with one attached hydrogen (secondary N) is 1. The molecule has 1 rings (SSSR count). The van der Waals surface area contributed by atoms with Gasteiger partial charge in [0.1, 0.15) is 5.75 Å². The average Bonchev–Trinajstić information content (AvgIpc) is 2.53. The molecule has 0 saturated carbocycles. The summed E-state index contributed by atoms with van der Waals surface area (Å²) in [5, 5.41) is 3.34. The number of aryl methyl sites for hydroxylation is 1. The maximum Gasteiger partial charge on any atom is 0.344 e. The van der Waals surface area contributed by atoms with Crippen LogP contribution in [0.5, 0.6) is 5.75 Å². The number of hydrogen-bond acceptors (Lipinski definition) is 4. The molecule has 1 aromatic carbocycles. The average molecular weight is 356 g/mol. The van der Waals surface area contributed by atoms with Crippen molar-refractivity contribution in [1.82, 2.24) is 5.32 Å². The topological polar surface area (TPSA) is 64.6 Å². The van der Waals surface area contributed by atoms with E-state index in [1.165, 1.54) is 0 Å². The van der Waals surface area contributed by atoms with Gasteiger partial charge in [-0.15, -0.1) is 0 Å². The second kappa shape index (κ2) is 10.2. The van der Waals surface area contributed by atoms with Gasteiger partial charge in [0.25, 0.3) is 5.91 Å². The Morgan fingerprint density at radius 2 is 1.96 bits per heavy atom. The molecule has 0 fully saturated rings. The predicted octanol–water partition coefficient (Wildman–Crippen LogP) is 3.61. The van der Waals surface area contributed by atoms with Gasteiger partial charge < -0.3 is 14.8 Å². The molecule has 134 valence electrons. The number of carbonyl (C=O) groups excluding carboxylic acids is 2. The zero-order chi connectivity index (χ0) is 18.1. The first-order chi connectivity index (χ1) is 11.3. The largest absolute Gasteiger partial charge is 0.482 e. The van der Waals surface area contributed by atoms with E-state index in [0.717, 1.165) is 24.0 Å². The van der Waals surface area contributed by atoms with Gasteiger partial charge in [-0.05, 0) is 42.5 Å². The smallest absolute Gasteiger partial charge is 0.344 e. The van der Waals surface area contributed by atoms with E-state index in [2.05, 4.69) is 5.32 Å². The summed E-state index contributed by atoms with van der Waals surface area (Å²) in [7, 11) is 0. The summed E-state index contributed by atoms with van der Waals surface area (Å²) in [4.78, 5) is 23.2. The first kappa shape index (κ1) is 20.3. The fraction of sp³-hybridized carbons (Fsp3) is 0.556. The number of halogens is 1. The van der Waals surface area contributed by atoms with Crippen LogP contribution in [0.2, 0.25) is 5.02 Å². The second-order valence-electron chi connectivity index (χ2n) is 5.95. The van der Waals surface area contributed by atoms with Gasteiger partial charge in [0.15, 0.2) is 13.2 Å². The summed E-state index contributed by atoms with van der Waals surface area (Å²) in [6.07, 6.45) is 1.89. The Bertz CT molecular complexity index is 572. The lowest BCUT2D eigenvalue weighted by Gasteiger charge is -2.15. The molecule has 0 aromatic heterocycles. The highest BCUT2D eigenvalue weighted by Crippen LogP contribution is 2.31. The van der Waals surface area contributed by atoms with E-state index in [0.29, 0.717) is 17.3 Å². The number of ether oxygens (including phenoxy) is 2. The quantitative estimate of drug-likeness (QED) is 0.543. The zero-order valence-electron chi connectivity index (χ0n) is 14.8. The highest BCUT2D eigenvalue weighted by atomic mass is 35.5. The summed E-state index contributed by atoms with van der Waals surface area (Å²) < 4.78 is 10.5. The minimum Gasteiger partial charge on any atom is -0.482 e. The van der Waals surface area contributed by atoms with Crippen LogP contribution in [-0.4, -0.2) is 31.6 Å². The molecule has 0 aliphatic carbocycles. The molecule has 0 bridgehead atoms. The molecule has 0 spiro atoms. The summed E-state index contributed by atoms with van der Waals surface area (Å²) in [6, 6.07) is 3.66. The highest BCUT2D eigenvalue weighted by Gasteiger charge is 2.14. The second-order valence-corrected chi connectivity index (χ2v) is 6.35. The molecule has 1 N–H and O–H groups in total. The lowest BCUT2D eigenvalue weighted by Crippen LogP contribution is -2.30. The summed E-state index contributed by atoms with van der Waals surface area (Å²) >= 11 is 6.14. The predicted molar refractivity (Wildman–Crippen MR) is 94.6 cm³/mol. The van der Waals surface area contributed by atoms with Gasteiger partial charge in [-0.2, -0.15) is 0 Å². The van der Waals surface area contributed by atoms with Crippen LogP contribution in [0.4, 0.5) is 0 Å². The third kappa shape index (κ3) is 6.79. The van der Waals surface area contributed by atoms with E-state index in [1.807, 2.05) is 39.8 Å². The van der Waals surface area contributed by atoms with Crippen LogP contribution < -0.4 is 10.1 Å². The van der Waals surface area contributed by atoms with Crippen LogP contribution in [0.15, 0.2) is 12.1 Å². The molecule has 5 nitrogen and oxygen atoms in total. The van der Waals surface area contributed by atoms with Crippen LogP contribution in [-0.2, 0) is 14.3 Å². The number of unbranched alkanes of at least 4 members (excludes halogenated alkanes) is 1. The molecule has 0 atom stereocenters. The van der Waals surface area contributed by atoms with Crippen molar-refractivity contribution >= 4 is 23.5 Å². The molecule has 1 aromatic rings. The van der Waals surface area contributed by atoms with E-state index in [4.69, 9.17) is 21.1 Å². The molecule has 6 heteroatoms. The van der Waals surface area contributed by atoms with Crippen molar-refractivity contribution in [3.05, 3.63) is 28.3 Å². The lowest BCUT2D eigenvalue weighted by atomic mass is 10.0. The molecule has 0 aliphatic rings. The third-order valence-electron chi connectivity index (χ3n) is 3.48. The van der Waals surface area contributed by atoms with Crippen molar-refractivity contribution < 1.29 is 19.1 Å². The highest BCUT2D eigenvalue weighted by molar-refractivity contribution is 6.31. The monoisotopic (exact) mass is 355 g/mol. The van der Waals surface area contributed by atoms with Crippen molar-refractivity contribution in [3.8, 4) is 5.75 Å². The van der Waals surface area contributed by atoms with E-state index >= 15 is 0 Å². The van der Waals surface area contributed by atoms with Gasteiger partial charge in [-0.3, -0.25) is 4.79 Å². The Balaban J connectivity index is 2.50. The molecule has 0 heterocycles. The maximum atomic E-state index is 11.7. The minimum absolute atomic E-state index is 0.207. The summed E-state index contributed by atoms with van der Waals surface area (Å²) in [6.45, 7) is 8.00. The van der Waals surface area contributed by atoms with Crippen LogP contribution in [0, 0.1) is 6.92 Å². The summed E-state index contributed by atoms with van der Waals surface area (Å²) in [5.41, 5.74) is 1.80. The van der Waals surface area contributed by atoms with E-state index in [-0.39, 0.29) is 25.0 Å². The molecular formula is C18H26ClNO4. The normalized spacial score (nSPS) is 10.6. The van der Waals surface area contributed by atoms with Crippen LogP contribution >= 0.6 is 11.6 Å². The lowest BCUT2D eigenvalue weighted by molar-refractivity contribution is -0.150. The Morgan fingerprint density at radius 1 is 1.25 bits per heavy atom. The van der Waals surface area contributed by atoms with Crippen LogP contribution in [0.3, 0.4) is 0 Å².